The third-order valence-corrected chi connectivity index (χ3v) is 3.92. The molecule has 0 aromatic heterocycles. The third kappa shape index (κ3) is 4.13. The lowest BCUT2D eigenvalue weighted by molar-refractivity contribution is 0.414. The van der Waals surface area contributed by atoms with E-state index in [0.717, 1.165) is 31.0 Å². The molecule has 0 bridgehead atoms. The zero-order chi connectivity index (χ0) is 13.8. The van der Waals surface area contributed by atoms with Gasteiger partial charge in [-0.3, -0.25) is 0 Å². The number of anilines is 1. The maximum absolute atomic E-state index is 6.16. The maximum Gasteiger partial charge on any atom is 0.122 e. The zero-order valence-corrected chi connectivity index (χ0v) is 14.1. The van der Waals surface area contributed by atoms with Crippen LogP contribution in [0.15, 0.2) is 45.3 Å². The van der Waals surface area contributed by atoms with E-state index in [1.54, 1.807) is 7.11 Å². The van der Waals surface area contributed by atoms with Crippen molar-refractivity contribution in [2.24, 2.45) is 0 Å². The van der Waals surface area contributed by atoms with E-state index in [9.17, 15) is 0 Å². The highest BCUT2D eigenvalue weighted by Crippen LogP contribution is 2.26. The van der Waals surface area contributed by atoms with Gasteiger partial charge in [-0.15, -0.1) is 0 Å². The molecule has 5 heteroatoms. The van der Waals surface area contributed by atoms with E-state index < -0.39 is 0 Å². The van der Waals surface area contributed by atoms with Crippen LogP contribution in [-0.4, -0.2) is 7.11 Å². The van der Waals surface area contributed by atoms with Gasteiger partial charge in [0.05, 0.1) is 7.11 Å². The molecule has 0 saturated heterocycles. The Kier molecular flexibility index (Phi) is 5.13. The van der Waals surface area contributed by atoms with Crippen LogP contribution in [-0.2, 0) is 6.54 Å². The summed E-state index contributed by atoms with van der Waals surface area (Å²) in [5.74, 6) is 0.803. The Bertz CT molecular complexity index is 590. The van der Waals surface area contributed by atoms with E-state index in [1.165, 1.54) is 0 Å². The number of hydrogen-bond donors (Lipinski definition) is 1. The Morgan fingerprint density at radius 2 is 1.89 bits per heavy atom. The van der Waals surface area contributed by atoms with Crippen LogP contribution < -0.4 is 10.1 Å². The molecule has 100 valence electrons. The normalized spacial score (nSPS) is 10.3. The molecular weight excluding hydrogens is 393 g/mol. The van der Waals surface area contributed by atoms with E-state index in [4.69, 9.17) is 16.3 Å². The molecule has 19 heavy (non-hydrogen) atoms. The molecule has 1 N–H and O–H groups in total. The lowest BCUT2D eigenvalue weighted by atomic mass is 10.2. The first-order valence-electron chi connectivity index (χ1n) is 5.61. The largest absolute Gasteiger partial charge is 0.497 e. The van der Waals surface area contributed by atoms with Crippen LogP contribution in [0.1, 0.15) is 5.56 Å². The van der Waals surface area contributed by atoms with Crippen LogP contribution in [0, 0.1) is 0 Å². The van der Waals surface area contributed by atoms with Gasteiger partial charge in [0.25, 0.3) is 0 Å². The fourth-order valence-corrected chi connectivity index (χ4v) is 2.72. The fourth-order valence-electron chi connectivity index (χ4n) is 1.66. The molecular formula is C14H12Br2ClNO. The van der Waals surface area contributed by atoms with Gasteiger partial charge in [-0.25, -0.2) is 0 Å². The molecule has 0 fully saturated rings. The number of halogens is 3. The fraction of sp³-hybridized carbons (Fsp3) is 0.143. The van der Waals surface area contributed by atoms with Crippen LogP contribution in [0.5, 0.6) is 5.75 Å². The molecule has 2 aromatic rings. The highest BCUT2D eigenvalue weighted by Gasteiger charge is 2.03. The molecule has 0 atom stereocenters. The van der Waals surface area contributed by atoms with Gasteiger partial charge in [0.2, 0.25) is 0 Å². The molecule has 2 rings (SSSR count). The lowest BCUT2D eigenvalue weighted by Gasteiger charge is -2.10. The van der Waals surface area contributed by atoms with Gasteiger partial charge in [0.1, 0.15) is 5.75 Å². The number of ether oxygens (including phenoxy) is 1. The quantitative estimate of drug-likeness (QED) is 0.727. The van der Waals surface area contributed by atoms with Crippen LogP contribution in [0.2, 0.25) is 5.02 Å². The summed E-state index contributed by atoms with van der Waals surface area (Å²) >= 11 is 13.1. The molecule has 0 aliphatic carbocycles. The summed E-state index contributed by atoms with van der Waals surface area (Å²) < 4.78 is 7.21. The Morgan fingerprint density at radius 1 is 1.11 bits per heavy atom. The van der Waals surface area contributed by atoms with E-state index in [1.807, 2.05) is 36.4 Å². The van der Waals surface area contributed by atoms with E-state index in [-0.39, 0.29) is 0 Å². The van der Waals surface area contributed by atoms with Gasteiger partial charge in [0, 0.05) is 32.3 Å². The van der Waals surface area contributed by atoms with Gasteiger partial charge in [-0.1, -0.05) is 43.5 Å². The topological polar surface area (TPSA) is 21.3 Å². The highest BCUT2D eigenvalue weighted by atomic mass is 79.9. The minimum Gasteiger partial charge on any atom is -0.497 e. The predicted octanol–water partition coefficient (Wildman–Crippen LogP) is 5.49. The molecule has 0 heterocycles. The second-order valence-electron chi connectivity index (χ2n) is 3.97. The Balaban J connectivity index is 2.14. The summed E-state index contributed by atoms with van der Waals surface area (Å²) in [6.45, 7) is 0.651. The SMILES string of the molecule is COc1cc(Br)cc(NCc2cc(Br)ccc2Cl)c1. The second kappa shape index (κ2) is 6.64. The van der Waals surface area contributed by atoms with Crippen molar-refractivity contribution in [3.63, 3.8) is 0 Å². The smallest absolute Gasteiger partial charge is 0.122 e. The molecule has 2 aromatic carbocycles. The first kappa shape index (κ1) is 14.7. The maximum atomic E-state index is 6.16. The molecule has 0 spiro atoms. The van der Waals surface area contributed by atoms with Gasteiger partial charge in [-0.05, 0) is 35.9 Å². The predicted molar refractivity (Wildman–Crippen MR) is 87.2 cm³/mol. The minimum absolute atomic E-state index is 0.651. The zero-order valence-electron chi connectivity index (χ0n) is 10.2. The van der Waals surface area contributed by atoms with Crippen molar-refractivity contribution in [2.45, 2.75) is 6.54 Å². The Labute approximate surface area is 134 Å². The van der Waals surface area contributed by atoms with Crippen LogP contribution in [0.25, 0.3) is 0 Å². The molecule has 0 aliphatic heterocycles. The van der Waals surface area contributed by atoms with Crippen LogP contribution >= 0.6 is 43.5 Å². The molecule has 0 aliphatic rings. The molecule has 0 radical (unpaired) electrons. The van der Waals surface area contributed by atoms with Crippen LogP contribution in [0.4, 0.5) is 5.69 Å². The van der Waals surface area contributed by atoms with Crippen molar-refractivity contribution in [2.75, 3.05) is 12.4 Å². The molecule has 2 nitrogen and oxygen atoms in total. The van der Waals surface area contributed by atoms with Crippen molar-refractivity contribution in [3.05, 3.63) is 55.9 Å². The van der Waals surface area contributed by atoms with Gasteiger partial charge in [0.15, 0.2) is 0 Å². The van der Waals surface area contributed by atoms with E-state index >= 15 is 0 Å². The van der Waals surface area contributed by atoms with Crippen molar-refractivity contribution in [3.8, 4) is 5.75 Å². The first-order valence-corrected chi connectivity index (χ1v) is 7.57. The third-order valence-electron chi connectivity index (χ3n) is 2.60. The summed E-state index contributed by atoms with van der Waals surface area (Å²) in [6, 6.07) is 11.7. The summed E-state index contributed by atoms with van der Waals surface area (Å²) in [7, 11) is 1.65. The van der Waals surface area contributed by atoms with Gasteiger partial charge < -0.3 is 10.1 Å². The highest BCUT2D eigenvalue weighted by molar-refractivity contribution is 9.10. The summed E-state index contributed by atoms with van der Waals surface area (Å²) in [4.78, 5) is 0. The average Bonchev–Trinajstić information content (AvgIpc) is 2.39. The summed E-state index contributed by atoms with van der Waals surface area (Å²) in [6.07, 6.45) is 0. The average molecular weight is 406 g/mol. The standard InChI is InChI=1S/C14H12Br2ClNO/c1-19-13-6-11(16)5-12(7-13)18-8-9-4-10(15)2-3-14(9)17/h2-7,18H,8H2,1H3. The number of hydrogen-bond acceptors (Lipinski definition) is 2. The Hall–Kier alpha value is -0.710. The van der Waals surface area contributed by atoms with Gasteiger partial charge in [-0.2, -0.15) is 0 Å². The van der Waals surface area contributed by atoms with Gasteiger partial charge >= 0.3 is 0 Å². The van der Waals surface area contributed by atoms with Crippen molar-refractivity contribution < 1.29 is 4.74 Å². The van der Waals surface area contributed by atoms with Crippen molar-refractivity contribution >= 4 is 49.1 Å². The van der Waals surface area contributed by atoms with E-state index in [2.05, 4.69) is 37.2 Å². The molecule has 0 saturated carbocycles. The molecule has 0 unspecified atom stereocenters. The lowest BCUT2D eigenvalue weighted by Crippen LogP contribution is -2.00. The minimum atomic E-state index is 0.651. The monoisotopic (exact) mass is 403 g/mol. The number of rotatable bonds is 4. The second-order valence-corrected chi connectivity index (χ2v) is 6.21. The Morgan fingerprint density at radius 3 is 2.63 bits per heavy atom. The number of methoxy groups -OCH3 is 1. The first-order chi connectivity index (χ1) is 9.08. The number of nitrogens with one attached hydrogen (secondary N) is 1. The summed E-state index contributed by atoms with van der Waals surface area (Å²) in [5.41, 5.74) is 2.01. The van der Waals surface area contributed by atoms with Crippen LogP contribution in [0.3, 0.4) is 0 Å². The summed E-state index contributed by atoms with van der Waals surface area (Å²) in [5, 5.41) is 4.08. The van der Waals surface area contributed by atoms with Crippen molar-refractivity contribution in [1.29, 1.82) is 0 Å². The van der Waals surface area contributed by atoms with E-state index in [0.29, 0.717) is 6.54 Å². The number of benzene rings is 2. The molecule has 0 amide bonds. The van der Waals surface area contributed by atoms with Crippen molar-refractivity contribution in [1.82, 2.24) is 0 Å².